The molecule has 0 fully saturated rings. The molecule has 1 aliphatic heterocycles. The van der Waals surface area contributed by atoms with Crippen LogP contribution in [0.4, 0.5) is 0 Å². The van der Waals surface area contributed by atoms with Gasteiger partial charge in [0.15, 0.2) is 0 Å². The number of aliphatic hydroxyl groups is 1. The fourth-order valence-electron chi connectivity index (χ4n) is 2.86. The minimum atomic E-state index is -0.661. The van der Waals surface area contributed by atoms with Crippen molar-refractivity contribution < 1.29 is 14.6 Å². The Labute approximate surface area is 165 Å². The molecule has 1 aromatic carbocycles. The molecule has 2 heterocycles. The van der Waals surface area contributed by atoms with Gasteiger partial charge in [0.25, 0.3) is 5.91 Å². The number of carbonyl (C=O) groups excluding carboxylic acids is 1. The molecule has 2 aromatic rings. The van der Waals surface area contributed by atoms with Crippen molar-refractivity contribution in [1.29, 1.82) is 0 Å². The summed E-state index contributed by atoms with van der Waals surface area (Å²) in [4.78, 5) is 16.1. The Morgan fingerprint density at radius 2 is 2.08 bits per heavy atom. The number of rotatable bonds is 5. The topological polar surface area (TPSA) is 83.5 Å². The van der Waals surface area contributed by atoms with Crippen molar-refractivity contribution in [2.45, 2.75) is 25.1 Å². The number of hydrogen-bond acceptors (Lipinski definition) is 5. The molecule has 0 spiro atoms. The van der Waals surface area contributed by atoms with Gasteiger partial charge in [0.1, 0.15) is 0 Å². The first kappa shape index (κ1) is 22.2. The number of nitrogens with zero attached hydrogens (tertiary/aromatic N) is 1. The zero-order valence-corrected chi connectivity index (χ0v) is 16.0. The van der Waals surface area contributed by atoms with Gasteiger partial charge in [-0.15, -0.1) is 24.8 Å². The molecule has 1 aliphatic rings. The zero-order chi connectivity index (χ0) is 16.9. The number of fused-ring (bicyclic) bond motifs is 1. The molecule has 3 rings (SSSR count). The Morgan fingerprint density at radius 1 is 1.35 bits per heavy atom. The van der Waals surface area contributed by atoms with Crippen molar-refractivity contribution >= 4 is 30.7 Å². The molecule has 2 unspecified atom stereocenters. The highest BCUT2D eigenvalue weighted by atomic mass is 35.5. The van der Waals surface area contributed by atoms with Crippen LogP contribution in [0.2, 0.25) is 0 Å². The first-order valence-electron chi connectivity index (χ1n) is 7.94. The molecule has 0 bridgehead atoms. The molecular weight excluding hydrogens is 377 g/mol. The zero-order valence-electron chi connectivity index (χ0n) is 14.3. The number of hydrogen-bond donors (Lipinski definition) is 3. The van der Waals surface area contributed by atoms with Crippen molar-refractivity contribution in [3.63, 3.8) is 0 Å². The highest BCUT2D eigenvalue weighted by Crippen LogP contribution is 2.17. The van der Waals surface area contributed by atoms with Crippen LogP contribution in [-0.4, -0.2) is 41.8 Å². The summed E-state index contributed by atoms with van der Waals surface area (Å²) in [5.74, 6) is 0.125. The second-order valence-corrected chi connectivity index (χ2v) is 5.82. The van der Waals surface area contributed by atoms with Crippen LogP contribution in [0.1, 0.15) is 21.5 Å². The van der Waals surface area contributed by atoms with E-state index in [0.29, 0.717) is 11.4 Å². The number of methoxy groups -OCH3 is 1. The fourth-order valence-corrected chi connectivity index (χ4v) is 2.86. The molecule has 0 radical (unpaired) electrons. The van der Waals surface area contributed by atoms with Crippen molar-refractivity contribution in [3.8, 4) is 5.88 Å². The minimum absolute atomic E-state index is 0. The van der Waals surface area contributed by atoms with E-state index in [1.165, 1.54) is 24.4 Å². The lowest BCUT2D eigenvalue weighted by Crippen LogP contribution is -2.49. The standard InChI is InChI=1S/C18H21N3O3.2ClH/c1-24-17-9-13(6-7-19-17)18(23)21-11-16(22)15-8-12-4-2-3-5-14(12)10-20-15;;/h2-7,9,15-16,20,22H,8,10-11H2,1H3,(H,21,23);2*1H. The van der Waals surface area contributed by atoms with Crippen LogP contribution in [0.3, 0.4) is 0 Å². The number of nitrogens with one attached hydrogen (secondary N) is 2. The summed E-state index contributed by atoms with van der Waals surface area (Å²) in [5, 5.41) is 16.5. The van der Waals surface area contributed by atoms with Gasteiger partial charge in [-0.2, -0.15) is 0 Å². The third-order valence-corrected chi connectivity index (χ3v) is 4.26. The van der Waals surface area contributed by atoms with Crippen LogP contribution in [0.5, 0.6) is 5.88 Å². The second kappa shape index (κ2) is 10.3. The predicted octanol–water partition coefficient (Wildman–Crippen LogP) is 1.74. The molecule has 6 nitrogen and oxygen atoms in total. The molecule has 1 amide bonds. The summed E-state index contributed by atoms with van der Waals surface area (Å²) in [5.41, 5.74) is 2.95. The van der Waals surface area contributed by atoms with Crippen molar-refractivity contribution in [2.75, 3.05) is 13.7 Å². The van der Waals surface area contributed by atoms with E-state index < -0.39 is 6.10 Å². The van der Waals surface area contributed by atoms with E-state index in [1.807, 2.05) is 12.1 Å². The third-order valence-electron chi connectivity index (χ3n) is 4.26. The van der Waals surface area contributed by atoms with Crippen molar-refractivity contribution in [1.82, 2.24) is 15.6 Å². The Bertz CT molecular complexity index is 730. The summed E-state index contributed by atoms with van der Waals surface area (Å²) >= 11 is 0. The summed E-state index contributed by atoms with van der Waals surface area (Å²) in [6.45, 7) is 0.913. The van der Waals surface area contributed by atoms with Gasteiger partial charge in [-0.25, -0.2) is 4.98 Å². The molecule has 142 valence electrons. The van der Waals surface area contributed by atoms with E-state index >= 15 is 0 Å². The van der Waals surface area contributed by atoms with Gasteiger partial charge in [0.2, 0.25) is 5.88 Å². The summed E-state index contributed by atoms with van der Waals surface area (Å²) in [7, 11) is 1.50. The number of aliphatic hydroxyl groups excluding tert-OH is 1. The van der Waals surface area contributed by atoms with Gasteiger partial charge in [0.05, 0.1) is 13.2 Å². The maximum Gasteiger partial charge on any atom is 0.251 e. The van der Waals surface area contributed by atoms with E-state index in [0.717, 1.165) is 13.0 Å². The summed E-state index contributed by atoms with van der Waals surface area (Å²) in [6.07, 6.45) is 1.60. The van der Waals surface area contributed by atoms with E-state index in [9.17, 15) is 9.90 Å². The Hall–Kier alpha value is -1.86. The first-order valence-corrected chi connectivity index (χ1v) is 7.94. The van der Waals surface area contributed by atoms with Gasteiger partial charge >= 0.3 is 0 Å². The quantitative estimate of drug-likeness (QED) is 0.712. The SMILES string of the molecule is COc1cc(C(=O)NCC(O)C2Cc3ccccc3CN2)ccn1.Cl.Cl. The van der Waals surface area contributed by atoms with Gasteiger partial charge in [0, 0.05) is 37.0 Å². The average molecular weight is 400 g/mol. The lowest BCUT2D eigenvalue weighted by Gasteiger charge is -2.30. The van der Waals surface area contributed by atoms with Crippen LogP contribution in [0, 0.1) is 0 Å². The molecular formula is C18H23Cl2N3O3. The van der Waals surface area contributed by atoms with Gasteiger partial charge in [-0.1, -0.05) is 24.3 Å². The minimum Gasteiger partial charge on any atom is -0.481 e. The van der Waals surface area contributed by atoms with Crippen molar-refractivity contribution in [2.24, 2.45) is 0 Å². The van der Waals surface area contributed by atoms with Crippen LogP contribution in [-0.2, 0) is 13.0 Å². The van der Waals surface area contributed by atoms with E-state index in [1.54, 1.807) is 12.1 Å². The number of aromatic nitrogens is 1. The van der Waals surface area contributed by atoms with Crippen LogP contribution in [0.15, 0.2) is 42.6 Å². The normalized spacial score (nSPS) is 16.3. The monoisotopic (exact) mass is 399 g/mol. The lowest BCUT2D eigenvalue weighted by molar-refractivity contribution is 0.0869. The molecule has 0 saturated heterocycles. The highest BCUT2D eigenvalue weighted by Gasteiger charge is 2.24. The maximum absolute atomic E-state index is 12.2. The number of carbonyl (C=O) groups is 1. The van der Waals surface area contributed by atoms with E-state index in [-0.39, 0.29) is 43.3 Å². The predicted molar refractivity (Wildman–Crippen MR) is 104 cm³/mol. The number of amides is 1. The molecule has 1 aromatic heterocycles. The van der Waals surface area contributed by atoms with Gasteiger partial charge in [-0.05, 0) is 23.6 Å². The summed E-state index contributed by atoms with van der Waals surface area (Å²) < 4.78 is 5.01. The molecule has 0 saturated carbocycles. The summed E-state index contributed by atoms with van der Waals surface area (Å²) in [6, 6.07) is 11.3. The van der Waals surface area contributed by atoms with Crippen LogP contribution in [0.25, 0.3) is 0 Å². The largest absolute Gasteiger partial charge is 0.481 e. The van der Waals surface area contributed by atoms with Crippen LogP contribution >= 0.6 is 24.8 Å². The average Bonchev–Trinajstić information content (AvgIpc) is 2.65. The molecule has 26 heavy (non-hydrogen) atoms. The number of benzene rings is 1. The smallest absolute Gasteiger partial charge is 0.251 e. The lowest BCUT2D eigenvalue weighted by atomic mass is 9.93. The van der Waals surface area contributed by atoms with Crippen LogP contribution < -0.4 is 15.4 Å². The number of pyridine rings is 1. The molecule has 0 aliphatic carbocycles. The third kappa shape index (κ3) is 5.32. The molecule has 3 N–H and O–H groups in total. The Balaban J connectivity index is 0.00000169. The van der Waals surface area contributed by atoms with E-state index in [4.69, 9.17) is 4.74 Å². The second-order valence-electron chi connectivity index (χ2n) is 5.82. The van der Waals surface area contributed by atoms with Gasteiger partial charge < -0.3 is 20.5 Å². The molecule has 8 heteroatoms. The molecule has 2 atom stereocenters. The van der Waals surface area contributed by atoms with Crippen molar-refractivity contribution in [3.05, 3.63) is 59.3 Å². The Morgan fingerprint density at radius 3 is 2.81 bits per heavy atom. The number of ether oxygens (including phenoxy) is 1. The van der Waals surface area contributed by atoms with Gasteiger partial charge in [-0.3, -0.25) is 4.79 Å². The fraction of sp³-hybridized carbons (Fsp3) is 0.333. The number of halogens is 2. The first-order chi connectivity index (χ1) is 11.7. The Kier molecular flexibility index (Phi) is 8.81. The highest BCUT2D eigenvalue weighted by molar-refractivity contribution is 5.94. The van der Waals surface area contributed by atoms with E-state index in [2.05, 4.69) is 27.8 Å². The maximum atomic E-state index is 12.2.